The summed E-state index contributed by atoms with van der Waals surface area (Å²) in [5.74, 6) is 0.0643. The number of imidazole rings is 1. The highest BCUT2D eigenvalue weighted by atomic mass is 127. The zero-order valence-corrected chi connectivity index (χ0v) is 19.8. The fourth-order valence-corrected chi connectivity index (χ4v) is 4.28. The minimum Gasteiger partial charge on any atom is -0.462 e. The fraction of sp³-hybridized carbons (Fsp3) is 0.333. The summed E-state index contributed by atoms with van der Waals surface area (Å²) >= 11 is 2.23. The Hall–Kier alpha value is -3.00. The van der Waals surface area contributed by atoms with Gasteiger partial charge in [0, 0.05) is 16.7 Å². The highest BCUT2D eigenvalue weighted by Crippen LogP contribution is 2.38. The Bertz CT molecular complexity index is 1210. The van der Waals surface area contributed by atoms with Crippen LogP contribution in [0.4, 0.5) is 10.2 Å². The summed E-state index contributed by atoms with van der Waals surface area (Å²) in [5.41, 5.74) is 7.40. The summed E-state index contributed by atoms with van der Waals surface area (Å²) in [6.45, 7) is 2.11. The van der Waals surface area contributed by atoms with Gasteiger partial charge >= 0.3 is 6.08 Å². The predicted molar refractivity (Wildman–Crippen MR) is 125 cm³/mol. The van der Waals surface area contributed by atoms with Crippen molar-refractivity contribution in [3.63, 3.8) is 0 Å². The van der Waals surface area contributed by atoms with Gasteiger partial charge in [0.1, 0.15) is 29.9 Å². The molecule has 0 saturated heterocycles. The summed E-state index contributed by atoms with van der Waals surface area (Å²) in [7, 11) is 0. The molecule has 4 rings (SSSR count). The maximum absolute atomic E-state index is 14.1. The number of ether oxygens (including phenoxy) is 2. The number of allylic oxidation sites excluding steroid dienone is 1. The number of hydrogen-bond donors (Lipinski definition) is 3. The van der Waals surface area contributed by atoms with E-state index < -0.39 is 24.0 Å². The molecule has 1 aromatic carbocycles. The molecule has 0 fully saturated rings. The van der Waals surface area contributed by atoms with Gasteiger partial charge in [-0.15, -0.1) is 0 Å². The monoisotopic (exact) mass is 568 g/mol. The predicted octanol–water partition coefficient (Wildman–Crippen LogP) is 2.02. The van der Waals surface area contributed by atoms with E-state index in [1.807, 2.05) is 24.3 Å². The highest BCUT2D eigenvalue weighted by Gasteiger charge is 2.32. The lowest BCUT2D eigenvalue weighted by molar-refractivity contribution is -0.128. The molecular weight excluding hydrogens is 546 g/mol. The third-order valence-corrected chi connectivity index (χ3v) is 6.10. The van der Waals surface area contributed by atoms with Gasteiger partial charge < -0.3 is 30.2 Å². The molecule has 1 amide bonds. The first-order valence-corrected chi connectivity index (χ1v) is 11.3. The number of aromatic nitrogens is 4. The van der Waals surface area contributed by atoms with Crippen molar-refractivity contribution in [2.24, 2.45) is 0 Å². The number of nitrogens with zero attached hydrogens (tertiary/aromatic N) is 4. The number of aliphatic hydroxyl groups excluding tert-OH is 1. The van der Waals surface area contributed by atoms with Crippen molar-refractivity contribution < 1.29 is 23.8 Å². The molecule has 10 nitrogen and oxygen atoms in total. The third-order valence-electron chi connectivity index (χ3n) is 5.11. The molecule has 2 aromatic heterocycles. The quantitative estimate of drug-likeness (QED) is 0.213. The molecule has 0 spiro atoms. The number of amides is 1. The number of anilines is 1. The first-order chi connectivity index (χ1) is 15.9. The first-order valence-electron chi connectivity index (χ1n) is 10.2. The molecule has 4 N–H and O–H groups in total. The number of nitrogen functional groups attached to an aromatic ring is 1. The Labute approximate surface area is 202 Å². The number of aryl methyl sites for hydroxylation is 1. The molecule has 3 aromatic rings. The summed E-state index contributed by atoms with van der Waals surface area (Å²) < 4.78 is 27.8. The lowest BCUT2D eigenvalue weighted by Gasteiger charge is -2.20. The molecule has 12 heteroatoms. The van der Waals surface area contributed by atoms with Crippen LogP contribution in [-0.2, 0) is 20.8 Å². The molecule has 0 bridgehead atoms. The van der Waals surface area contributed by atoms with Crippen molar-refractivity contribution in [3.05, 3.63) is 57.3 Å². The second-order valence-electron chi connectivity index (χ2n) is 7.40. The van der Waals surface area contributed by atoms with Gasteiger partial charge in [-0.3, -0.25) is 4.79 Å². The second-order valence-corrected chi connectivity index (χ2v) is 8.56. The standard InChI is InChI=1S/C21H22FIN6O4/c1-11(30)20(31)25-7-4-8-29-18(26-16-17(24)27-21(22)28-19(16)29)15(14-9-32-10-33-14)12-5-2-3-6-13(12)23/h2-3,5-6,9,11,15,30H,4,7-8,10H2,1H3,(H,25,31)(H2,24,27,28). The van der Waals surface area contributed by atoms with Crippen molar-refractivity contribution in [3.8, 4) is 0 Å². The van der Waals surface area contributed by atoms with Crippen LogP contribution >= 0.6 is 22.6 Å². The van der Waals surface area contributed by atoms with Gasteiger partial charge in [0.15, 0.2) is 17.0 Å². The van der Waals surface area contributed by atoms with Gasteiger partial charge in [-0.05, 0) is 47.6 Å². The zero-order chi connectivity index (χ0) is 23.5. The van der Waals surface area contributed by atoms with Gasteiger partial charge in [-0.2, -0.15) is 14.4 Å². The Morgan fingerprint density at radius 3 is 2.85 bits per heavy atom. The summed E-state index contributed by atoms with van der Waals surface area (Å²) in [6, 6.07) is 7.76. The van der Waals surface area contributed by atoms with Crippen LogP contribution in [0, 0.1) is 9.65 Å². The van der Waals surface area contributed by atoms with Crippen molar-refractivity contribution >= 4 is 45.5 Å². The van der Waals surface area contributed by atoms with Gasteiger partial charge in [0.2, 0.25) is 12.7 Å². The highest BCUT2D eigenvalue weighted by molar-refractivity contribution is 14.1. The van der Waals surface area contributed by atoms with E-state index >= 15 is 0 Å². The number of carbonyl (C=O) groups is 1. The number of nitrogens with two attached hydrogens (primary N) is 1. The van der Waals surface area contributed by atoms with Crippen LogP contribution < -0.4 is 11.1 Å². The number of hydrogen-bond acceptors (Lipinski definition) is 8. The largest absolute Gasteiger partial charge is 0.462 e. The van der Waals surface area contributed by atoms with Crippen LogP contribution in [0.5, 0.6) is 0 Å². The van der Waals surface area contributed by atoms with Crippen LogP contribution in [0.3, 0.4) is 0 Å². The number of aliphatic hydroxyl groups is 1. The van der Waals surface area contributed by atoms with Crippen LogP contribution in [0.15, 0.2) is 36.3 Å². The number of rotatable bonds is 8. The fourth-order valence-electron chi connectivity index (χ4n) is 3.58. The topological polar surface area (TPSA) is 137 Å². The summed E-state index contributed by atoms with van der Waals surface area (Å²) in [5, 5.41) is 12.0. The molecule has 3 heterocycles. The van der Waals surface area contributed by atoms with Gasteiger partial charge in [-0.25, -0.2) is 4.98 Å². The van der Waals surface area contributed by atoms with Crippen LogP contribution in [0.2, 0.25) is 0 Å². The second kappa shape index (κ2) is 9.87. The lowest BCUT2D eigenvalue weighted by atomic mass is 9.96. The average Bonchev–Trinajstić information content (AvgIpc) is 3.42. The minimum absolute atomic E-state index is 0.0704. The average molecular weight is 568 g/mol. The van der Waals surface area contributed by atoms with Crippen LogP contribution in [0.25, 0.3) is 11.2 Å². The molecular formula is C21H22FIN6O4. The van der Waals surface area contributed by atoms with Gasteiger partial charge in [0.05, 0.1) is 0 Å². The Balaban J connectivity index is 1.79. The molecule has 1 aliphatic rings. The zero-order valence-electron chi connectivity index (χ0n) is 17.7. The molecule has 174 valence electrons. The summed E-state index contributed by atoms with van der Waals surface area (Å²) in [6.07, 6.45) is -0.0548. The Morgan fingerprint density at radius 2 is 2.15 bits per heavy atom. The number of benzene rings is 1. The van der Waals surface area contributed by atoms with E-state index in [4.69, 9.17) is 20.2 Å². The minimum atomic E-state index is -1.10. The lowest BCUT2D eigenvalue weighted by Crippen LogP contribution is -2.33. The maximum Gasteiger partial charge on any atom is 0.312 e. The number of halogens is 2. The Kier molecular flexibility index (Phi) is 6.93. The van der Waals surface area contributed by atoms with Crippen molar-refractivity contribution in [2.45, 2.75) is 31.9 Å². The SMILES string of the molecule is CC(O)C(=O)NCCCn1c(C(C2=COCO2)c2ccccc2I)nc2c(N)nc(F)nc21. The van der Waals surface area contributed by atoms with Crippen molar-refractivity contribution in [1.29, 1.82) is 0 Å². The maximum atomic E-state index is 14.1. The van der Waals surface area contributed by atoms with Crippen molar-refractivity contribution in [2.75, 3.05) is 19.1 Å². The molecule has 0 aliphatic carbocycles. The van der Waals surface area contributed by atoms with Crippen molar-refractivity contribution in [1.82, 2.24) is 24.8 Å². The molecule has 2 atom stereocenters. The molecule has 0 radical (unpaired) electrons. The van der Waals surface area contributed by atoms with E-state index in [1.165, 1.54) is 13.2 Å². The normalized spacial score (nSPS) is 15.0. The molecule has 1 aliphatic heterocycles. The van der Waals surface area contributed by atoms with Crippen LogP contribution in [-0.4, -0.2) is 50.0 Å². The van der Waals surface area contributed by atoms with Gasteiger partial charge in [0.25, 0.3) is 0 Å². The Morgan fingerprint density at radius 1 is 1.36 bits per heavy atom. The smallest absolute Gasteiger partial charge is 0.312 e. The summed E-state index contributed by atoms with van der Waals surface area (Å²) in [4.78, 5) is 23.9. The van der Waals surface area contributed by atoms with E-state index in [0.717, 1.165) is 9.13 Å². The first kappa shape index (κ1) is 23.2. The molecule has 33 heavy (non-hydrogen) atoms. The van der Waals surface area contributed by atoms with E-state index in [2.05, 4.69) is 37.9 Å². The van der Waals surface area contributed by atoms with E-state index in [-0.39, 0.29) is 23.8 Å². The number of fused-ring (bicyclic) bond motifs is 1. The number of nitrogens with one attached hydrogen (secondary N) is 1. The third kappa shape index (κ3) is 4.85. The van der Waals surface area contributed by atoms with Gasteiger partial charge in [-0.1, -0.05) is 18.2 Å². The van der Waals surface area contributed by atoms with E-state index in [1.54, 1.807) is 4.57 Å². The van der Waals surface area contributed by atoms with E-state index in [9.17, 15) is 14.3 Å². The molecule has 2 unspecified atom stereocenters. The van der Waals surface area contributed by atoms with E-state index in [0.29, 0.717) is 31.1 Å². The molecule has 0 saturated carbocycles. The van der Waals surface area contributed by atoms with Crippen LogP contribution in [0.1, 0.15) is 30.7 Å². The number of carbonyl (C=O) groups excluding carboxylic acids is 1.